The van der Waals surface area contributed by atoms with Crippen LogP contribution in [0.25, 0.3) is 10.4 Å². The highest BCUT2D eigenvalue weighted by molar-refractivity contribution is 5.98. The molecule has 0 aliphatic carbocycles. The Labute approximate surface area is 92.7 Å². The molecule has 1 aromatic carbocycles. The second-order valence-electron chi connectivity index (χ2n) is 3.25. The number of carbonyl (C=O) groups is 2. The van der Waals surface area contributed by atoms with Gasteiger partial charge >= 0.3 is 0 Å². The normalized spacial score (nSPS) is 9.31. The zero-order chi connectivity index (χ0) is 12.0. The summed E-state index contributed by atoms with van der Waals surface area (Å²) in [6.45, 7) is 1.93. The molecule has 5 nitrogen and oxygen atoms in total. The molecule has 0 N–H and O–H groups in total. The van der Waals surface area contributed by atoms with Gasteiger partial charge in [0.05, 0.1) is 0 Å². The van der Waals surface area contributed by atoms with Crippen LogP contribution in [0.4, 0.5) is 0 Å². The van der Waals surface area contributed by atoms with Gasteiger partial charge < -0.3 is 0 Å². The van der Waals surface area contributed by atoms with Gasteiger partial charge in [-0.1, -0.05) is 31.2 Å². The second-order valence-corrected chi connectivity index (χ2v) is 3.25. The molecular weight excluding hydrogens is 206 g/mol. The summed E-state index contributed by atoms with van der Waals surface area (Å²) in [5.74, 6) is -0.595. The summed E-state index contributed by atoms with van der Waals surface area (Å²) in [4.78, 5) is 25.0. The first-order chi connectivity index (χ1) is 7.69. The monoisotopic (exact) mass is 217 g/mol. The fourth-order valence-electron chi connectivity index (χ4n) is 1.27. The van der Waals surface area contributed by atoms with Gasteiger partial charge in [0.15, 0.2) is 5.78 Å². The maximum atomic E-state index is 11.5. The number of rotatable bonds is 4. The number of hydrogen-bond donors (Lipinski definition) is 0. The fraction of sp³-hybridized carbons (Fsp3) is 0.273. The summed E-state index contributed by atoms with van der Waals surface area (Å²) in [5, 5.41) is 2.96. The third kappa shape index (κ3) is 2.93. The molecule has 0 spiro atoms. The van der Waals surface area contributed by atoms with E-state index in [9.17, 15) is 9.59 Å². The van der Waals surface area contributed by atoms with Crippen molar-refractivity contribution in [2.75, 3.05) is 0 Å². The molecule has 0 aliphatic heterocycles. The maximum absolute atomic E-state index is 11.5. The van der Waals surface area contributed by atoms with Crippen LogP contribution in [0.5, 0.6) is 0 Å². The summed E-state index contributed by atoms with van der Waals surface area (Å²) in [7, 11) is 0. The van der Waals surface area contributed by atoms with Gasteiger partial charge in [0, 0.05) is 22.5 Å². The minimum atomic E-state index is -0.642. The van der Waals surface area contributed by atoms with Crippen LogP contribution in [0.15, 0.2) is 29.4 Å². The van der Waals surface area contributed by atoms with Crippen molar-refractivity contribution in [1.82, 2.24) is 0 Å². The van der Waals surface area contributed by atoms with Gasteiger partial charge in [0.1, 0.15) is 0 Å². The topological polar surface area (TPSA) is 82.9 Å². The van der Waals surface area contributed by atoms with Crippen LogP contribution in [-0.4, -0.2) is 11.7 Å². The lowest BCUT2D eigenvalue weighted by Crippen LogP contribution is -1.99. The number of Topliss-reactive ketones (excluding diaryl/α,β-unsaturated/α-hetero) is 1. The molecule has 5 heteroatoms. The van der Waals surface area contributed by atoms with Gasteiger partial charge in [-0.15, -0.1) is 0 Å². The minimum Gasteiger partial charge on any atom is -0.294 e. The van der Waals surface area contributed by atoms with Crippen LogP contribution < -0.4 is 0 Å². The molecule has 82 valence electrons. The Kier molecular flexibility index (Phi) is 4.24. The first-order valence-electron chi connectivity index (χ1n) is 4.91. The van der Waals surface area contributed by atoms with E-state index < -0.39 is 5.91 Å². The highest BCUT2D eigenvalue weighted by atomic mass is 16.1. The second kappa shape index (κ2) is 5.68. The van der Waals surface area contributed by atoms with E-state index >= 15 is 0 Å². The standard InChI is InChI=1S/C11H11N3O2/c1-2-3-10(15)8-4-6-9(7-5-8)11(16)13-14-12/h4-7H,2-3H2,1H3. The Hall–Kier alpha value is -2.13. The number of azide groups is 1. The van der Waals surface area contributed by atoms with Crippen LogP contribution in [0, 0.1) is 0 Å². The van der Waals surface area contributed by atoms with Crippen LogP contribution >= 0.6 is 0 Å². The van der Waals surface area contributed by atoms with E-state index in [0.717, 1.165) is 6.42 Å². The maximum Gasteiger partial charge on any atom is 0.249 e. The van der Waals surface area contributed by atoms with Crippen molar-refractivity contribution >= 4 is 11.7 Å². The Morgan fingerprint density at radius 1 is 1.25 bits per heavy atom. The fourth-order valence-corrected chi connectivity index (χ4v) is 1.27. The molecule has 0 unspecified atom stereocenters. The molecule has 1 rings (SSSR count). The summed E-state index contributed by atoms with van der Waals surface area (Å²) < 4.78 is 0. The predicted molar refractivity (Wildman–Crippen MR) is 59.2 cm³/mol. The molecule has 0 radical (unpaired) electrons. The Morgan fingerprint density at radius 2 is 1.81 bits per heavy atom. The molecule has 0 atom stereocenters. The number of benzene rings is 1. The summed E-state index contributed by atoms with van der Waals surface area (Å²) in [6, 6.07) is 6.11. The Bertz CT molecular complexity index is 445. The Morgan fingerprint density at radius 3 is 2.31 bits per heavy atom. The Balaban J connectivity index is 2.86. The predicted octanol–water partition coefficient (Wildman–Crippen LogP) is 3.12. The van der Waals surface area contributed by atoms with E-state index in [0.29, 0.717) is 12.0 Å². The highest BCUT2D eigenvalue weighted by Crippen LogP contribution is 2.09. The third-order valence-electron chi connectivity index (χ3n) is 2.07. The first-order valence-corrected chi connectivity index (χ1v) is 4.91. The average Bonchev–Trinajstić information content (AvgIpc) is 2.30. The van der Waals surface area contributed by atoms with E-state index in [1.54, 1.807) is 12.1 Å². The van der Waals surface area contributed by atoms with Gasteiger partial charge in [0.25, 0.3) is 0 Å². The number of carbonyl (C=O) groups excluding carboxylic acids is 2. The van der Waals surface area contributed by atoms with E-state index in [1.807, 2.05) is 6.92 Å². The smallest absolute Gasteiger partial charge is 0.249 e. The van der Waals surface area contributed by atoms with Crippen molar-refractivity contribution in [3.8, 4) is 0 Å². The molecule has 1 amide bonds. The molecule has 1 aromatic rings. The quantitative estimate of drug-likeness (QED) is 0.336. The van der Waals surface area contributed by atoms with Gasteiger partial charge in [-0.25, -0.2) is 0 Å². The van der Waals surface area contributed by atoms with Crippen LogP contribution in [0.3, 0.4) is 0 Å². The molecule has 0 bridgehead atoms. The van der Waals surface area contributed by atoms with Crippen LogP contribution in [-0.2, 0) is 0 Å². The molecule has 0 aliphatic rings. The van der Waals surface area contributed by atoms with Crippen molar-refractivity contribution in [2.24, 2.45) is 5.11 Å². The summed E-state index contributed by atoms with van der Waals surface area (Å²) in [6.07, 6.45) is 1.28. The lowest BCUT2D eigenvalue weighted by molar-refractivity contribution is 0.0976. The zero-order valence-electron chi connectivity index (χ0n) is 8.88. The number of amides is 1. The number of ketones is 1. The van der Waals surface area contributed by atoms with E-state index in [2.05, 4.69) is 10.0 Å². The van der Waals surface area contributed by atoms with Gasteiger partial charge in [-0.2, -0.15) is 0 Å². The van der Waals surface area contributed by atoms with Gasteiger partial charge in [0.2, 0.25) is 5.91 Å². The van der Waals surface area contributed by atoms with Crippen molar-refractivity contribution in [3.63, 3.8) is 0 Å². The third-order valence-corrected chi connectivity index (χ3v) is 2.07. The molecule has 0 heterocycles. The molecule has 0 saturated heterocycles. The van der Waals surface area contributed by atoms with Gasteiger partial charge in [-0.05, 0) is 17.1 Å². The van der Waals surface area contributed by atoms with Crippen molar-refractivity contribution in [3.05, 3.63) is 45.8 Å². The van der Waals surface area contributed by atoms with E-state index in [1.165, 1.54) is 12.1 Å². The molecule has 0 fully saturated rings. The van der Waals surface area contributed by atoms with Crippen LogP contribution in [0.2, 0.25) is 0 Å². The largest absolute Gasteiger partial charge is 0.294 e. The van der Waals surface area contributed by atoms with Gasteiger partial charge in [-0.3, -0.25) is 9.59 Å². The minimum absolute atomic E-state index is 0.0466. The molecule has 0 aromatic heterocycles. The molecule has 0 saturated carbocycles. The molecule has 16 heavy (non-hydrogen) atoms. The first kappa shape index (κ1) is 11.9. The molecular formula is C11H11N3O2. The highest BCUT2D eigenvalue weighted by Gasteiger charge is 2.06. The van der Waals surface area contributed by atoms with E-state index in [-0.39, 0.29) is 11.3 Å². The SMILES string of the molecule is CCCC(=O)c1ccc(C(=O)N=[N+]=[N-])cc1. The lowest BCUT2D eigenvalue weighted by atomic mass is 10.1. The number of hydrogen-bond acceptors (Lipinski definition) is 2. The van der Waals surface area contributed by atoms with Crippen molar-refractivity contribution < 1.29 is 9.59 Å². The van der Waals surface area contributed by atoms with Crippen molar-refractivity contribution in [2.45, 2.75) is 19.8 Å². The lowest BCUT2D eigenvalue weighted by Gasteiger charge is -1.99. The van der Waals surface area contributed by atoms with E-state index in [4.69, 9.17) is 5.53 Å². The van der Waals surface area contributed by atoms with Crippen molar-refractivity contribution in [1.29, 1.82) is 0 Å². The van der Waals surface area contributed by atoms with Crippen LogP contribution in [0.1, 0.15) is 40.5 Å². The summed E-state index contributed by atoms with van der Waals surface area (Å²) >= 11 is 0. The summed E-state index contributed by atoms with van der Waals surface area (Å²) in [5.41, 5.74) is 8.95. The average molecular weight is 217 g/mol. The zero-order valence-corrected chi connectivity index (χ0v) is 8.88. The number of nitrogens with zero attached hydrogens (tertiary/aromatic N) is 3.